The summed E-state index contributed by atoms with van der Waals surface area (Å²) in [5, 5.41) is 3.28. The Morgan fingerprint density at radius 3 is 2.14 bits per heavy atom. The molecule has 1 unspecified atom stereocenters. The molecule has 0 radical (unpaired) electrons. The van der Waals surface area contributed by atoms with Crippen LogP contribution < -0.4 is 5.32 Å². The van der Waals surface area contributed by atoms with Gasteiger partial charge in [0.25, 0.3) is 0 Å². The van der Waals surface area contributed by atoms with Gasteiger partial charge in [-0.2, -0.15) is 13.2 Å². The lowest BCUT2D eigenvalue weighted by Gasteiger charge is -2.39. The van der Waals surface area contributed by atoms with Gasteiger partial charge in [0.1, 0.15) is 6.04 Å². The molecule has 0 aliphatic carbocycles. The minimum absolute atomic E-state index is 0.408. The molecule has 0 saturated carbocycles. The molecule has 0 bridgehead atoms. The Bertz CT molecular complexity index is 334. The molecule has 1 fully saturated rings. The van der Waals surface area contributed by atoms with Gasteiger partial charge in [-0.1, -0.05) is 13.8 Å². The number of guanidine groups is 1. The Hall–Kier alpha value is -0.980. The number of aliphatic imine (C=N–C) groups is 1. The first-order valence-corrected chi connectivity index (χ1v) is 7.52. The highest BCUT2D eigenvalue weighted by atomic mass is 19.4. The number of halogens is 3. The first-order valence-electron chi connectivity index (χ1n) is 7.52. The van der Waals surface area contributed by atoms with Gasteiger partial charge in [-0.25, -0.2) is 0 Å². The molecule has 1 rings (SSSR count). The summed E-state index contributed by atoms with van der Waals surface area (Å²) in [5.41, 5.74) is 0. The van der Waals surface area contributed by atoms with Gasteiger partial charge >= 0.3 is 6.18 Å². The molecule has 0 aromatic rings. The summed E-state index contributed by atoms with van der Waals surface area (Å²) in [6.45, 7) is 8.33. The lowest BCUT2D eigenvalue weighted by Crippen LogP contribution is -2.56. The zero-order valence-electron chi connectivity index (χ0n) is 13.4. The highest BCUT2D eigenvalue weighted by molar-refractivity contribution is 5.79. The molecule has 1 aliphatic rings. The predicted octanol–water partition coefficient (Wildman–Crippen LogP) is 2.18. The first kappa shape index (κ1) is 18.1. The average molecular weight is 308 g/mol. The van der Waals surface area contributed by atoms with E-state index in [-0.39, 0.29) is 0 Å². The van der Waals surface area contributed by atoms with Crippen LogP contribution in [0.3, 0.4) is 0 Å². The van der Waals surface area contributed by atoms with Gasteiger partial charge in [-0.3, -0.25) is 9.89 Å². The fraction of sp³-hybridized carbons (Fsp3) is 0.929. The molecule has 1 N–H and O–H groups in total. The molecular formula is C14H27F3N4. The van der Waals surface area contributed by atoms with Crippen LogP contribution in [0.25, 0.3) is 0 Å². The third-order valence-electron chi connectivity index (χ3n) is 3.85. The van der Waals surface area contributed by atoms with Gasteiger partial charge in [-0.15, -0.1) is 0 Å². The molecular weight excluding hydrogens is 281 g/mol. The van der Waals surface area contributed by atoms with Gasteiger partial charge in [-0.05, 0) is 19.3 Å². The van der Waals surface area contributed by atoms with Crippen molar-refractivity contribution in [2.24, 2.45) is 10.9 Å². The zero-order valence-corrected chi connectivity index (χ0v) is 13.4. The van der Waals surface area contributed by atoms with Crippen molar-refractivity contribution in [2.45, 2.75) is 39.4 Å². The number of rotatable bonds is 4. The molecule has 0 aromatic heterocycles. The van der Waals surface area contributed by atoms with Gasteiger partial charge < -0.3 is 10.2 Å². The van der Waals surface area contributed by atoms with Crippen molar-refractivity contribution in [1.82, 2.24) is 15.1 Å². The Kier molecular flexibility index (Phi) is 6.77. The average Bonchev–Trinajstić information content (AvgIpc) is 2.42. The Balaban J connectivity index is 2.44. The Morgan fingerprint density at radius 1 is 1.14 bits per heavy atom. The number of hydrogen-bond donors (Lipinski definition) is 1. The molecule has 0 amide bonds. The van der Waals surface area contributed by atoms with Crippen molar-refractivity contribution >= 4 is 5.96 Å². The van der Waals surface area contributed by atoms with Gasteiger partial charge in [0.15, 0.2) is 5.96 Å². The minimum Gasteiger partial charge on any atom is -0.356 e. The van der Waals surface area contributed by atoms with E-state index in [0.717, 1.165) is 18.9 Å². The highest BCUT2D eigenvalue weighted by Gasteiger charge is 2.40. The van der Waals surface area contributed by atoms with E-state index in [1.807, 2.05) is 4.90 Å². The van der Waals surface area contributed by atoms with Crippen molar-refractivity contribution in [2.75, 3.05) is 39.8 Å². The second-order valence-electron chi connectivity index (χ2n) is 5.90. The van der Waals surface area contributed by atoms with Crippen LogP contribution in [0, 0.1) is 5.92 Å². The van der Waals surface area contributed by atoms with Gasteiger partial charge in [0.2, 0.25) is 0 Å². The molecule has 4 nitrogen and oxygen atoms in total. The third-order valence-corrected chi connectivity index (χ3v) is 3.85. The fourth-order valence-corrected chi connectivity index (χ4v) is 2.33. The first-order chi connectivity index (χ1) is 9.75. The van der Waals surface area contributed by atoms with Crippen LogP contribution in [0.4, 0.5) is 13.2 Å². The van der Waals surface area contributed by atoms with Crippen LogP contribution >= 0.6 is 0 Å². The topological polar surface area (TPSA) is 30.9 Å². The molecule has 1 heterocycles. The number of alkyl halides is 3. The van der Waals surface area contributed by atoms with E-state index < -0.39 is 12.2 Å². The second-order valence-corrected chi connectivity index (χ2v) is 5.90. The molecule has 1 saturated heterocycles. The molecule has 21 heavy (non-hydrogen) atoms. The van der Waals surface area contributed by atoms with Crippen molar-refractivity contribution in [1.29, 1.82) is 0 Å². The lowest BCUT2D eigenvalue weighted by atomic mass is 10.1. The monoisotopic (exact) mass is 308 g/mol. The summed E-state index contributed by atoms with van der Waals surface area (Å²) in [7, 11) is 1.71. The summed E-state index contributed by atoms with van der Waals surface area (Å²) in [5.74, 6) is 1.40. The van der Waals surface area contributed by atoms with Crippen LogP contribution in [-0.4, -0.2) is 67.7 Å². The standard InChI is InChI=1S/C14H27F3N4/c1-11(2)5-6-19-13(18-4)21-9-7-20(8-10-21)12(3)14(15,16)17/h11-12H,5-10H2,1-4H3,(H,18,19). The van der Waals surface area contributed by atoms with E-state index >= 15 is 0 Å². The lowest BCUT2D eigenvalue weighted by molar-refractivity contribution is -0.181. The SMILES string of the molecule is CN=C(NCCC(C)C)N1CCN(C(C)C(F)(F)F)CC1. The van der Waals surface area contributed by atoms with Gasteiger partial charge in [0.05, 0.1) is 0 Å². The molecule has 0 aromatic carbocycles. The van der Waals surface area contributed by atoms with E-state index in [2.05, 4.69) is 24.2 Å². The van der Waals surface area contributed by atoms with E-state index in [1.165, 1.54) is 11.8 Å². The van der Waals surface area contributed by atoms with Crippen molar-refractivity contribution in [3.63, 3.8) is 0 Å². The van der Waals surface area contributed by atoms with Crippen molar-refractivity contribution < 1.29 is 13.2 Å². The maximum atomic E-state index is 12.7. The molecule has 124 valence electrons. The van der Waals surface area contributed by atoms with Crippen LogP contribution in [0.2, 0.25) is 0 Å². The van der Waals surface area contributed by atoms with E-state index in [0.29, 0.717) is 32.1 Å². The molecule has 7 heteroatoms. The summed E-state index contributed by atoms with van der Waals surface area (Å²) in [4.78, 5) is 7.73. The van der Waals surface area contributed by atoms with Crippen LogP contribution in [0.15, 0.2) is 4.99 Å². The van der Waals surface area contributed by atoms with Crippen LogP contribution in [-0.2, 0) is 0 Å². The normalized spacial score (nSPS) is 20.0. The smallest absolute Gasteiger partial charge is 0.356 e. The number of nitrogens with zero attached hydrogens (tertiary/aromatic N) is 3. The maximum Gasteiger partial charge on any atom is 0.403 e. The number of piperazine rings is 1. The second kappa shape index (κ2) is 7.87. The van der Waals surface area contributed by atoms with E-state index in [1.54, 1.807) is 7.05 Å². The van der Waals surface area contributed by atoms with Crippen LogP contribution in [0.5, 0.6) is 0 Å². The molecule has 1 atom stereocenters. The van der Waals surface area contributed by atoms with Gasteiger partial charge in [0, 0.05) is 39.8 Å². The van der Waals surface area contributed by atoms with E-state index in [4.69, 9.17) is 0 Å². The number of nitrogens with one attached hydrogen (secondary N) is 1. The van der Waals surface area contributed by atoms with Crippen molar-refractivity contribution in [3.8, 4) is 0 Å². The fourth-order valence-electron chi connectivity index (χ4n) is 2.33. The molecule has 0 spiro atoms. The largest absolute Gasteiger partial charge is 0.403 e. The summed E-state index contributed by atoms with van der Waals surface area (Å²) in [6, 6.07) is -1.38. The van der Waals surface area contributed by atoms with Crippen LogP contribution in [0.1, 0.15) is 27.2 Å². The van der Waals surface area contributed by atoms with E-state index in [9.17, 15) is 13.2 Å². The molecule has 1 aliphatic heterocycles. The zero-order chi connectivity index (χ0) is 16.0. The number of hydrogen-bond acceptors (Lipinski definition) is 2. The maximum absolute atomic E-state index is 12.7. The van der Waals surface area contributed by atoms with Crippen molar-refractivity contribution in [3.05, 3.63) is 0 Å². The highest BCUT2D eigenvalue weighted by Crippen LogP contribution is 2.25. The Labute approximate surface area is 125 Å². The predicted molar refractivity (Wildman–Crippen MR) is 79.5 cm³/mol. The summed E-state index contributed by atoms with van der Waals surface area (Å²) in [6.07, 6.45) is -3.11. The minimum atomic E-state index is -4.15. The third kappa shape index (κ3) is 5.73. The summed E-state index contributed by atoms with van der Waals surface area (Å²) >= 11 is 0. The Morgan fingerprint density at radius 2 is 1.71 bits per heavy atom. The summed E-state index contributed by atoms with van der Waals surface area (Å²) < 4.78 is 38.1. The quantitative estimate of drug-likeness (QED) is 0.638.